The van der Waals surface area contributed by atoms with Gasteiger partial charge in [-0.2, -0.15) is 10.7 Å². The second-order valence-electron chi connectivity index (χ2n) is 3.89. The molecule has 0 radical (unpaired) electrons. The SMILES string of the molecule is CN[N+]1(c2cncc(C#N)c2)CCCC1. The maximum Gasteiger partial charge on any atom is 0.171 e. The van der Waals surface area contributed by atoms with E-state index in [0.717, 1.165) is 23.4 Å². The zero-order chi connectivity index (χ0) is 10.7. The molecule has 15 heavy (non-hydrogen) atoms. The highest BCUT2D eigenvalue weighted by Gasteiger charge is 2.34. The van der Waals surface area contributed by atoms with Crippen molar-refractivity contribution in [2.24, 2.45) is 0 Å². The molecule has 1 aromatic rings. The number of hydrogen-bond acceptors (Lipinski definition) is 3. The summed E-state index contributed by atoms with van der Waals surface area (Å²) in [6.07, 6.45) is 5.89. The summed E-state index contributed by atoms with van der Waals surface area (Å²) < 4.78 is 0.752. The molecule has 0 unspecified atom stereocenters. The Balaban J connectivity index is 2.39. The van der Waals surface area contributed by atoms with Gasteiger partial charge in [-0.05, 0) is 0 Å². The van der Waals surface area contributed by atoms with E-state index < -0.39 is 0 Å². The summed E-state index contributed by atoms with van der Waals surface area (Å²) in [7, 11) is 1.96. The second kappa shape index (κ2) is 3.97. The number of aromatic nitrogens is 1. The Labute approximate surface area is 89.7 Å². The average molecular weight is 203 g/mol. The predicted molar refractivity (Wildman–Crippen MR) is 58.8 cm³/mol. The molecule has 1 fully saturated rings. The van der Waals surface area contributed by atoms with Gasteiger partial charge in [0.2, 0.25) is 0 Å². The van der Waals surface area contributed by atoms with Crippen LogP contribution >= 0.6 is 0 Å². The molecular weight excluding hydrogens is 188 g/mol. The molecule has 0 spiro atoms. The Kier molecular flexibility index (Phi) is 2.67. The van der Waals surface area contributed by atoms with Crippen LogP contribution in [0.25, 0.3) is 0 Å². The third-order valence-electron chi connectivity index (χ3n) is 3.10. The zero-order valence-electron chi connectivity index (χ0n) is 8.90. The van der Waals surface area contributed by atoms with E-state index >= 15 is 0 Å². The molecule has 4 heteroatoms. The van der Waals surface area contributed by atoms with Crippen LogP contribution < -0.4 is 10.0 Å². The van der Waals surface area contributed by atoms with E-state index in [9.17, 15) is 0 Å². The standard InChI is InChI=1S/C11H15N4/c1-13-15(4-2-3-5-15)11-6-10(7-12)8-14-9-11/h6,8-9,13H,2-5H2,1H3/q+1. The van der Waals surface area contributed by atoms with Crippen LogP contribution in [0.5, 0.6) is 0 Å². The smallest absolute Gasteiger partial charge is 0.171 e. The van der Waals surface area contributed by atoms with Gasteiger partial charge in [0.15, 0.2) is 5.69 Å². The fraction of sp³-hybridized carbons (Fsp3) is 0.455. The molecule has 4 nitrogen and oxygen atoms in total. The Morgan fingerprint density at radius 1 is 1.40 bits per heavy atom. The van der Waals surface area contributed by atoms with Gasteiger partial charge in [-0.3, -0.25) is 4.98 Å². The summed E-state index contributed by atoms with van der Waals surface area (Å²) in [4.78, 5) is 4.11. The highest BCUT2D eigenvalue weighted by Crippen LogP contribution is 2.26. The molecule has 1 aliphatic heterocycles. The summed E-state index contributed by atoms with van der Waals surface area (Å²) in [5.74, 6) is 0. The number of nitriles is 1. The quantitative estimate of drug-likeness (QED) is 0.734. The van der Waals surface area contributed by atoms with Crippen molar-refractivity contribution in [2.75, 3.05) is 20.1 Å². The molecule has 1 aromatic heterocycles. The van der Waals surface area contributed by atoms with E-state index in [1.54, 1.807) is 6.20 Å². The van der Waals surface area contributed by atoms with Crippen molar-refractivity contribution in [1.82, 2.24) is 15.0 Å². The van der Waals surface area contributed by atoms with Crippen molar-refractivity contribution in [3.05, 3.63) is 24.0 Å². The number of pyridine rings is 1. The first kappa shape index (κ1) is 10.1. The van der Waals surface area contributed by atoms with Crippen molar-refractivity contribution in [1.29, 1.82) is 5.26 Å². The van der Waals surface area contributed by atoms with E-state index in [0.29, 0.717) is 5.56 Å². The second-order valence-corrected chi connectivity index (χ2v) is 3.89. The first-order valence-corrected chi connectivity index (χ1v) is 5.22. The van der Waals surface area contributed by atoms with E-state index in [-0.39, 0.29) is 0 Å². The Hall–Kier alpha value is -1.44. The van der Waals surface area contributed by atoms with Gasteiger partial charge in [-0.25, -0.2) is 4.59 Å². The summed E-state index contributed by atoms with van der Waals surface area (Å²) in [6, 6.07) is 4.06. The highest BCUT2D eigenvalue weighted by molar-refractivity contribution is 5.45. The maximum atomic E-state index is 8.84. The molecule has 78 valence electrons. The molecule has 2 heterocycles. The summed E-state index contributed by atoms with van der Waals surface area (Å²) in [6.45, 7) is 2.15. The van der Waals surface area contributed by atoms with Crippen LogP contribution in [0.4, 0.5) is 5.69 Å². The largest absolute Gasteiger partial charge is 0.257 e. The van der Waals surface area contributed by atoms with Gasteiger partial charge in [-0.15, -0.1) is 0 Å². The van der Waals surface area contributed by atoms with Crippen molar-refractivity contribution < 1.29 is 0 Å². The fourth-order valence-electron chi connectivity index (χ4n) is 2.21. The van der Waals surface area contributed by atoms with Crippen LogP contribution in [-0.2, 0) is 0 Å². The maximum absolute atomic E-state index is 8.84. The highest BCUT2D eigenvalue weighted by atomic mass is 15.7. The van der Waals surface area contributed by atoms with Crippen LogP contribution in [0.15, 0.2) is 18.5 Å². The van der Waals surface area contributed by atoms with Crippen molar-refractivity contribution >= 4 is 5.69 Å². The summed E-state index contributed by atoms with van der Waals surface area (Å²) >= 11 is 0. The number of nitrogens with one attached hydrogen (secondary N) is 1. The Bertz CT molecular complexity index is 388. The molecule has 1 N–H and O–H groups in total. The minimum Gasteiger partial charge on any atom is -0.257 e. The van der Waals surface area contributed by atoms with Gasteiger partial charge in [0.1, 0.15) is 19.2 Å². The molecule has 2 rings (SSSR count). The van der Waals surface area contributed by atoms with Crippen LogP contribution in [0.2, 0.25) is 0 Å². The topological polar surface area (TPSA) is 48.7 Å². The molecule has 0 amide bonds. The number of quaternary nitrogens is 1. The van der Waals surface area contributed by atoms with E-state index in [1.807, 2.05) is 19.3 Å². The lowest BCUT2D eigenvalue weighted by Gasteiger charge is -2.31. The lowest BCUT2D eigenvalue weighted by Crippen LogP contribution is -2.55. The van der Waals surface area contributed by atoms with E-state index in [4.69, 9.17) is 5.26 Å². The van der Waals surface area contributed by atoms with Crippen molar-refractivity contribution in [3.8, 4) is 6.07 Å². The van der Waals surface area contributed by atoms with Crippen LogP contribution in [-0.4, -0.2) is 25.1 Å². The Morgan fingerprint density at radius 3 is 2.73 bits per heavy atom. The molecule has 0 atom stereocenters. The molecule has 0 saturated carbocycles. The predicted octanol–water partition coefficient (Wildman–Crippen LogP) is 1.19. The molecule has 0 bridgehead atoms. The summed E-state index contributed by atoms with van der Waals surface area (Å²) in [5, 5.41) is 8.84. The number of hydrogen-bond donors (Lipinski definition) is 1. The van der Waals surface area contributed by atoms with Gasteiger partial charge in [-0.1, -0.05) is 0 Å². The van der Waals surface area contributed by atoms with Gasteiger partial charge >= 0.3 is 0 Å². The molecule has 0 aliphatic carbocycles. The van der Waals surface area contributed by atoms with Crippen LogP contribution in [0, 0.1) is 11.3 Å². The minimum absolute atomic E-state index is 0.632. The van der Waals surface area contributed by atoms with Crippen LogP contribution in [0.3, 0.4) is 0 Å². The normalized spacial score (nSPS) is 18.7. The lowest BCUT2D eigenvalue weighted by molar-refractivity contribution is 0.259. The monoisotopic (exact) mass is 203 g/mol. The molecular formula is C11H15N4+. The third-order valence-corrected chi connectivity index (χ3v) is 3.10. The van der Waals surface area contributed by atoms with Gasteiger partial charge < -0.3 is 0 Å². The zero-order valence-corrected chi connectivity index (χ0v) is 8.90. The van der Waals surface area contributed by atoms with Gasteiger partial charge in [0.25, 0.3) is 0 Å². The molecule has 0 aromatic carbocycles. The van der Waals surface area contributed by atoms with Gasteiger partial charge in [0, 0.05) is 32.2 Å². The van der Waals surface area contributed by atoms with Crippen LogP contribution in [0.1, 0.15) is 18.4 Å². The average Bonchev–Trinajstić information content (AvgIpc) is 2.79. The Morgan fingerprint density at radius 2 is 2.13 bits per heavy atom. The minimum atomic E-state index is 0.632. The van der Waals surface area contributed by atoms with E-state index in [1.165, 1.54) is 12.8 Å². The van der Waals surface area contributed by atoms with Gasteiger partial charge in [0.05, 0.1) is 11.8 Å². The lowest BCUT2D eigenvalue weighted by atomic mass is 10.2. The number of nitrogens with zero attached hydrogens (tertiary/aromatic N) is 3. The molecule has 1 aliphatic rings. The summed E-state index contributed by atoms with van der Waals surface area (Å²) in [5.41, 5.74) is 5.06. The number of rotatable bonds is 2. The van der Waals surface area contributed by atoms with Crippen molar-refractivity contribution in [2.45, 2.75) is 12.8 Å². The fourth-order valence-corrected chi connectivity index (χ4v) is 2.21. The first-order valence-electron chi connectivity index (χ1n) is 5.22. The van der Waals surface area contributed by atoms with Crippen molar-refractivity contribution in [3.63, 3.8) is 0 Å². The third kappa shape index (κ3) is 1.72. The van der Waals surface area contributed by atoms with E-state index in [2.05, 4.69) is 16.5 Å². The molecule has 1 saturated heterocycles. The first-order chi connectivity index (χ1) is 7.30.